The molecule has 7 heteroatoms. The number of carbonyl (C=O) groups is 1. The average Bonchev–Trinajstić information content (AvgIpc) is 3.07. The topological polar surface area (TPSA) is 65.5 Å². The quantitative estimate of drug-likeness (QED) is 0.816. The Morgan fingerprint density at radius 1 is 1.26 bits per heavy atom. The van der Waals surface area contributed by atoms with Gasteiger partial charge in [0.25, 0.3) is 0 Å². The standard InChI is InChI=1S/C20H26N6O/c1-24(2)18(27)20-7-4-11-26(19-22-9-5-10-23-19)17(20)14-25(15-20)13-16-6-3-8-21-12-16/h3,5-6,8-10,12,17H,4,7,11,13-15H2,1-2H3/t17-,20-/m0/s1. The minimum absolute atomic E-state index is 0.0835. The van der Waals surface area contributed by atoms with Crippen LogP contribution in [0.25, 0.3) is 0 Å². The summed E-state index contributed by atoms with van der Waals surface area (Å²) in [4.78, 5) is 32.8. The molecule has 0 N–H and O–H groups in total. The molecule has 2 aromatic rings. The number of fused-ring (bicyclic) bond motifs is 1. The number of likely N-dealkylation sites (tertiary alicyclic amines) is 1. The molecule has 0 spiro atoms. The molecule has 2 aromatic heterocycles. The number of nitrogens with zero attached hydrogens (tertiary/aromatic N) is 6. The largest absolute Gasteiger partial charge is 0.348 e. The van der Waals surface area contributed by atoms with Gasteiger partial charge in [-0.25, -0.2) is 9.97 Å². The van der Waals surface area contributed by atoms with Gasteiger partial charge in [0.2, 0.25) is 11.9 Å². The van der Waals surface area contributed by atoms with Crippen molar-refractivity contribution in [2.24, 2.45) is 5.41 Å². The Hall–Kier alpha value is -2.54. The highest BCUT2D eigenvalue weighted by molar-refractivity contribution is 5.85. The third kappa shape index (κ3) is 3.27. The lowest BCUT2D eigenvalue weighted by molar-refractivity contribution is -0.140. The van der Waals surface area contributed by atoms with Gasteiger partial charge in [-0.1, -0.05) is 6.07 Å². The summed E-state index contributed by atoms with van der Waals surface area (Å²) in [6.45, 7) is 3.27. The Morgan fingerprint density at radius 2 is 2.07 bits per heavy atom. The first kappa shape index (κ1) is 17.9. The second-order valence-corrected chi connectivity index (χ2v) is 7.75. The van der Waals surface area contributed by atoms with Gasteiger partial charge in [0.05, 0.1) is 11.5 Å². The van der Waals surface area contributed by atoms with Gasteiger partial charge >= 0.3 is 0 Å². The molecular weight excluding hydrogens is 340 g/mol. The summed E-state index contributed by atoms with van der Waals surface area (Å²) in [5, 5.41) is 0. The molecule has 4 heterocycles. The monoisotopic (exact) mass is 366 g/mol. The number of carbonyl (C=O) groups excluding carboxylic acids is 1. The van der Waals surface area contributed by atoms with E-state index in [1.807, 2.05) is 32.4 Å². The molecule has 0 radical (unpaired) electrons. The fourth-order valence-corrected chi connectivity index (χ4v) is 4.66. The van der Waals surface area contributed by atoms with E-state index in [0.29, 0.717) is 0 Å². The molecule has 0 saturated carbocycles. The van der Waals surface area contributed by atoms with Crippen LogP contribution in [0.5, 0.6) is 0 Å². The third-order valence-electron chi connectivity index (χ3n) is 5.74. The summed E-state index contributed by atoms with van der Waals surface area (Å²) in [6.07, 6.45) is 9.11. The second kappa shape index (κ2) is 7.23. The number of pyridine rings is 1. The van der Waals surface area contributed by atoms with Crippen LogP contribution in [0.3, 0.4) is 0 Å². The minimum atomic E-state index is -0.414. The zero-order chi connectivity index (χ0) is 18.9. The Kier molecular flexibility index (Phi) is 4.78. The van der Waals surface area contributed by atoms with E-state index in [9.17, 15) is 4.79 Å². The molecule has 2 atom stereocenters. The molecule has 0 aromatic carbocycles. The van der Waals surface area contributed by atoms with E-state index in [1.165, 1.54) is 5.56 Å². The van der Waals surface area contributed by atoms with Crippen LogP contribution in [-0.2, 0) is 11.3 Å². The van der Waals surface area contributed by atoms with Gasteiger partial charge in [-0.3, -0.25) is 14.7 Å². The van der Waals surface area contributed by atoms with Gasteiger partial charge in [0, 0.05) is 65.1 Å². The number of amides is 1. The van der Waals surface area contributed by atoms with E-state index in [2.05, 4.69) is 30.8 Å². The van der Waals surface area contributed by atoms with Crippen LogP contribution >= 0.6 is 0 Å². The van der Waals surface area contributed by atoms with E-state index >= 15 is 0 Å². The van der Waals surface area contributed by atoms with Crippen molar-refractivity contribution in [1.29, 1.82) is 0 Å². The predicted octanol–water partition coefficient (Wildman–Crippen LogP) is 1.43. The summed E-state index contributed by atoms with van der Waals surface area (Å²) in [5.74, 6) is 0.933. The van der Waals surface area contributed by atoms with Crippen molar-refractivity contribution in [2.45, 2.75) is 25.4 Å². The van der Waals surface area contributed by atoms with Gasteiger partial charge in [0.15, 0.2) is 0 Å². The summed E-state index contributed by atoms with van der Waals surface area (Å²) < 4.78 is 0. The summed E-state index contributed by atoms with van der Waals surface area (Å²) >= 11 is 0. The van der Waals surface area contributed by atoms with Crippen molar-refractivity contribution < 1.29 is 4.79 Å². The first-order chi connectivity index (χ1) is 13.1. The van der Waals surface area contributed by atoms with Crippen LogP contribution < -0.4 is 4.90 Å². The average molecular weight is 366 g/mol. The first-order valence-electron chi connectivity index (χ1n) is 9.47. The molecule has 1 amide bonds. The second-order valence-electron chi connectivity index (χ2n) is 7.75. The molecule has 0 aliphatic carbocycles. The van der Waals surface area contributed by atoms with Crippen molar-refractivity contribution in [1.82, 2.24) is 24.8 Å². The smallest absolute Gasteiger partial charge is 0.231 e. The SMILES string of the molecule is CN(C)C(=O)[C@]12CCCN(c3ncccn3)[C@H]1CN(Cc1cccnc1)C2. The zero-order valence-corrected chi connectivity index (χ0v) is 16.0. The summed E-state index contributed by atoms with van der Waals surface area (Å²) in [7, 11) is 3.71. The Labute approximate surface area is 160 Å². The fourth-order valence-electron chi connectivity index (χ4n) is 4.66. The maximum absolute atomic E-state index is 13.3. The molecule has 2 fully saturated rings. The molecule has 7 nitrogen and oxygen atoms in total. The lowest BCUT2D eigenvalue weighted by atomic mass is 9.74. The number of aromatic nitrogens is 3. The molecular formula is C20H26N6O. The maximum Gasteiger partial charge on any atom is 0.231 e. The van der Waals surface area contributed by atoms with Crippen LogP contribution in [0.4, 0.5) is 5.95 Å². The molecule has 2 aliphatic rings. The van der Waals surface area contributed by atoms with Crippen LogP contribution in [0.2, 0.25) is 0 Å². The molecule has 2 saturated heterocycles. The number of hydrogen-bond acceptors (Lipinski definition) is 6. The van der Waals surface area contributed by atoms with E-state index in [0.717, 1.165) is 45.0 Å². The molecule has 0 bridgehead atoms. The van der Waals surface area contributed by atoms with Crippen molar-refractivity contribution in [3.05, 3.63) is 48.5 Å². The maximum atomic E-state index is 13.3. The van der Waals surface area contributed by atoms with E-state index < -0.39 is 5.41 Å². The van der Waals surface area contributed by atoms with Gasteiger partial charge in [-0.15, -0.1) is 0 Å². The lowest BCUT2D eigenvalue weighted by Crippen LogP contribution is -2.58. The highest BCUT2D eigenvalue weighted by atomic mass is 16.2. The van der Waals surface area contributed by atoms with Crippen molar-refractivity contribution in [3.8, 4) is 0 Å². The van der Waals surface area contributed by atoms with E-state index in [-0.39, 0.29) is 11.9 Å². The number of rotatable bonds is 4. The molecule has 4 rings (SSSR count). The number of anilines is 1. The molecule has 2 aliphatic heterocycles. The first-order valence-corrected chi connectivity index (χ1v) is 9.47. The highest BCUT2D eigenvalue weighted by Gasteiger charge is 2.56. The van der Waals surface area contributed by atoms with Crippen molar-refractivity contribution in [2.75, 3.05) is 38.6 Å². The van der Waals surface area contributed by atoms with E-state index in [1.54, 1.807) is 23.5 Å². The number of piperidine rings is 1. The Bertz CT molecular complexity index is 784. The minimum Gasteiger partial charge on any atom is -0.348 e. The molecule has 0 unspecified atom stereocenters. The van der Waals surface area contributed by atoms with E-state index in [4.69, 9.17) is 0 Å². The van der Waals surface area contributed by atoms with Crippen LogP contribution in [0.1, 0.15) is 18.4 Å². The summed E-state index contributed by atoms with van der Waals surface area (Å²) in [5.41, 5.74) is 0.759. The Balaban J connectivity index is 1.66. The fraction of sp³-hybridized carbons (Fsp3) is 0.500. The van der Waals surface area contributed by atoms with Gasteiger partial charge in [-0.2, -0.15) is 0 Å². The van der Waals surface area contributed by atoms with Gasteiger partial charge in [0.1, 0.15) is 0 Å². The highest BCUT2D eigenvalue weighted by Crippen LogP contribution is 2.44. The van der Waals surface area contributed by atoms with Crippen LogP contribution in [0, 0.1) is 5.41 Å². The normalized spacial score (nSPS) is 25.3. The summed E-state index contributed by atoms with van der Waals surface area (Å²) in [6, 6.07) is 5.96. The van der Waals surface area contributed by atoms with Crippen molar-refractivity contribution >= 4 is 11.9 Å². The molecule has 142 valence electrons. The van der Waals surface area contributed by atoms with Gasteiger partial charge in [-0.05, 0) is 30.5 Å². The third-order valence-corrected chi connectivity index (χ3v) is 5.74. The van der Waals surface area contributed by atoms with Crippen LogP contribution in [0.15, 0.2) is 43.0 Å². The van der Waals surface area contributed by atoms with Crippen molar-refractivity contribution in [3.63, 3.8) is 0 Å². The zero-order valence-electron chi connectivity index (χ0n) is 16.0. The molecule has 27 heavy (non-hydrogen) atoms. The van der Waals surface area contributed by atoms with Gasteiger partial charge < -0.3 is 9.80 Å². The predicted molar refractivity (Wildman–Crippen MR) is 103 cm³/mol. The Morgan fingerprint density at radius 3 is 2.78 bits per heavy atom. The number of hydrogen-bond donors (Lipinski definition) is 0. The lowest BCUT2D eigenvalue weighted by Gasteiger charge is -2.45. The van der Waals surface area contributed by atoms with Crippen LogP contribution in [-0.4, -0.2) is 70.4 Å².